The van der Waals surface area contributed by atoms with Crippen molar-refractivity contribution in [2.24, 2.45) is 0 Å². The Hall–Kier alpha value is -2.43. The lowest BCUT2D eigenvalue weighted by Crippen LogP contribution is -2.44. The quantitative estimate of drug-likeness (QED) is 0.138. The number of hydrogen-bond donors (Lipinski definition) is 3. The van der Waals surface area contributed by atoms with Crippen LogP contribution in [0.4, 0.5) is 0 Å². The number of carbonyl (C=O) groups is 1. The Morgan fingerprint density at radius 2 is 1.21 bits per heavy atom. The van der Waals surface area contributed by atoms with E-state index in [1.807, 2.05) is 18.2 Å². The van der Waals surface area contributed by atoms with Gasteiger partial charge >= 0.3 is 0 Å². The molecule has 190 valence electrons. The third kappa shape index (κ3) is 21.4. The number of allylic oxidation sites excluding steroid dienone is 12. The van der Waals surface area contributed by atoms with Gasteiger partial charge in [0.15, 0.2) is 0 Å². The van der Waals surface area contributed by atoms with Gasteiger partial charge in [-0.2, -0.15) is 0 Å². The molecule has 1 amide bonds. The number of aliphatic hydroxyl groups excluding tert-OH is 2. The van der Waals surface area contributed by atoms with E-state index < -0.39 is 12.1 Å². The molecule has 0 aliphatic rings. The SMILES string of the molecule is CC/C=C\C/C=C\C/C=C\C/C=C\C/C=C\CC(=O)NC(CO)C(O)/C=C/CC/C=C/CCC. The summed E-state index contributed by atoms with van der Waals surface area (Å²) in [5.41, 5.74) is 0. The minimum Gasteiger partial charge on any atom is -0.394 e. The van der Waals surface area contributed by atoms with Crippen LogP contribution in [-0.4, -0.2) is 34.9 Å². The average Bonchev–Trinajstić information content (AvgIpc) is 2.84. The molecule has 2 unspecified atom stereocenters. The normalized spacial score (nSPS) is 14.8. The fourth-order valence-electron chi connectivity index (χ4n) is 2.91. The highest BCUT2D eigenvalue weighted by atomic mass is 16.3. The third-order valence-corrected chi connectivity index (χ3v) is 4.87. The Kier molecular flexibility index (Phi) is 23.4. The van der Waals surface area contributed by atoms with Crippen molar-refractivity contribution in [3.63, 3.8) is 0 Å². The Bertz CT molecular complexity index is 683. The summed E-state index contributed by atoms with van der Waals surface area (Å²) >= 11 is 0. The van der Waals surface area contributed by atoms with E-state index in [2.05, 4.69) is 79.9 Å². The summed E-state index contributed by atoms with van der Waals surface area (Å²) in [4.78, 5) is 12.1. The average molecular weight is 470 g/mol. The molecule has 0 spiro atoms. The largest absolute Gasteiger partial charge is 0.394 e. The van der Waals surface area contributed by atoms with Crippen LogP contribution in [0.2, 0.25) is 0 Å². The number of hydrogen-bond acceptors (Lipinski definition) is 3. The van der Waals surface area contributed by atoms with Gasteiger partial charge in [0, 0.05) is 6.42 Å². The van der Waals surface area contributed by atoms with Crippen molar-refractivity contribution in [3.8, 4) is 0 Å². The summed E-state index contributed by atoms with van der Waals surface area (Å²) in [5, 5.41) is 22.4. The number of aliphatic hydroxyl groups is 2. The molecule has 0 radical (unpaired) electrons. The maximum Gasteiger partial charge on any atom is 0.224 e. The van der Waals surface area contributed by atoms with Gasteiger partial charge in [-0.15, -0.1) is 0 Å². The third-order valence-electron chi connectivity index (χ3n) is 4.87. The minimum absolute atomic E-state index is 0.213. The van der Waals surface area contributed by atoms with Gasteiger partial charge in [-0.1, -0.05) is 105 Å². The van der Waals surface area contributed by atoms with E-state index in [1.165, 1.54) is 0 Å². The van der Waals surface area contributed by atoms with E-state index in [9.17, 15) is 15.0 Å². The Labute approximate surface area is 208 Å². The van der Waals surface area contributed by atoms with Crippen LogP contribution in [-0.2, 0) is 4.79 Å². The van der Waals surface area contributed by atoms with Crippen LogP contribution in [0.5, 0.6) is 0 Å². The molecule has 0 aromatic heterocycles. The molecule has 3 N–H and O–H groups in total. The molecule has 4 heteroatoms. The van der Waals surface area contributed by atoms with Crippen LogP contribution in [0.15, 0.2) is 85.1 Å². The monoisotopic (exact) mass is 469 g/mol. The first-order valence-corrected chi connectivity index (χ1v) is 12.8. The highest BCUT2D eigenvalue weighted by Gasteiger charge is 2.17. The molecule has 0 saturated heterocycles. The van der Waals surface area contributed by atoms with E-state index >= 15 is 0 Å². The molecule has 0 aromatic carbocycles. The second-order valence-electron chi connectivity index (χ2n) is 8.02. The lowest BCUT2D eigenvalue weighted by Gasteiger charge is -2.19. The van der Waals surface area contributed by atoms with Crippen molar-refractivity contribution in [3.05, 3.63) is 85.1 Å². The molecule has 4 nitrogen and oxygen atoms in total. The molecule has 0 bridgehead atoms. The fraction of sp³-hybridized carbons (Fsp3) is 0.500. The predicted octanol–water partition coefficient (Wildman–Crippen LogP) is 6.66. The summed E-state index contributed by atoms with van der Waals surface area (Å²) in [6.45, 7) is 3.98. The molecule has 2 atom stereocenters. The first kappa shape index (κ1) is 31.6. The number of unbranched alkanes of at least 4 members (excludes halogenated alkanes) is 2. The molecule has 0 fully saturated rings. The zero-order valence-electron chi connectivity index (χ0n) is 21.3. The Balaban J connectivity index is 4.00. The van der Waals surface area contributed by atoms with Gasteiger partial charge in [0.1, 0.15) is 0 Å². The van der Waals surface area contributed by atoms with Crippen molar-refractivity contribution in [2.75, 3.05) is 6.61 Å². The van der Waals surface area contributed by atoms with Crippen molar-refractivity contribution in [2.45, 2.75) is 90.2 Å². The van der Waals surface area contributed by atoms with Gasteiger partial charge in [-0.05, 0) is 51.4 Å². The van der Waals surface area contributed by atoms with Crippen molar-refractivity contribution < 1.29 is 15.0 Å². The lowest BCUT2D eigenvalue weighted by molar-refractivity contribution is -0.122. The number of nitrogens with one attached hydrogen (secondary N) is 1. The maximum absolute atomic E-state index is 12.1. The van der Waals surface area contributed by atoms with Crippen molar-refractivity contribution in [1.82, 2.24) is 5.32 Å². The fourth-order valence-corrected chi connectivity index (χ4v) is 2.91. The van der Waals surface area contributed by atoms with Gasteiger partial charge in [0.2, 0.25) is 5.91 Å². The van der Waals surface area contributed by atoms with Crippen LogP contribution in [0.3, 0.4) is 0 Å². The highest BCUT2D eigenvalue weighted by Crippen LogP contribution is 2.02. The van der Waals surface area contributed by atoms with Crippen LogP contribution < -0.4 is 5.32 Å². The van der Waals surface area contributed by atoms with Crippen molar-refractivity contribution in [1.29, 1.82) is 0 Å². The Morgan fingerprint density at radius 3 is 1.74 bits per heavy atom. The minimum atomic E-state index is -0.901. The van der Waals surface area contributed by atoms with Crippen LogP contribution in [0.25, 0.3) is 0 Å². The first-order valence-electron chi connectivity index (χ1n) is 12.8. The van der Waals surface area contributed by atoms with E-state index in [1.54, 1.807) is 6.08 Å². The molecular weight excluding hydrogens is 422 g/mol. The van der Waals surface area contributed by atoms with Crippen LogP contribution in [0, 0.1) is 0 Å². The van der Waals surface area contributed by atoms with Crippen molar-refractivity contribution >= 4 is 5.91 Å². The predicted molar refractivity (Wildman–Crippen MR) is 147 cm³/mol. The highest BCUT2D eigenvalue weighted by molar-refractivity contribution is 5.77. The number of carbonyl (C=O) groups excluding carboxylic acids is 1. The number of rotatable bonds is 20. The van der Waals surface area contributed by atoms with Gasteiger partial charge in [0.05, 0.1) is 18.8 Å². The van der Waals surface area contributed by atoms with Gasteiger partial charge in [0.25, 0.3) is 0 Å². The van der Waals surface area contributed by atoms with Gasteiger partial charge in [-0.3, -0.25) is 4.79 Å². The molecule has 34 heavy (non-hydrogen) atoms. The molecule has 0 aliphatic heterocycles. The maximum atomic E-state index is 12.1. The zero-order chi connectivity index (χ0) is 25.1. The van der Waals surface area contributed by atoms with E-state index in [0.29, 0.717) is 0 Å². The summed E-state index contributed by atoms with van der Waals surface area (Å²) in [7, 11) is 0. The van der Waals surface area contributed by atoms with Gasteiger partial charge < -0.3 is 15.5 Å². The first-order chi connectivity index (χ1) is 16.7. The van der Waals surface area contributed by atoms with E-state index in [4.69, 9.17) is 0 Å². The lowest BCUT2D eigenvalue weighted by atomic mass is 10.1. The van der Waals surface area contributed by atoms with Crippen LogP contribution >= 0.6 is 0 Å². The topological polar surface area (TPSA) is 69.6 Å². The smallest absolute Gasteiger partial charge is 0.224 e. The second-order valence-corrected chi connectivity index (χ2v) is 8.02. The van der Waals surface area contributed by atoms with E-state index in [0.717, 1.165) is 57.8 Å². The van der Waals surface area contributed by atoms with Gasteiger partial charge in [-0.25, -0.2) is 0 Å². The molecule has 0 aliphatic carbocycles. The zero-order valence-corrected chi connectivity index (χ0v) is 21.3. The Morgan fingerprint density at radius 1 is 0.706 bits per heavy atom. The summed E-state index contributed by atoms with van der Waals surface area (Å²) in [6.07, 6.45) is 36.8. The molecule has 0 heterocycles. The molecular formula is C30H47NO3. The van der Waals surface area contributed by atoms with Crippen LogP contribution in [0.1, 0.15) is 78.1 Å². The summed E-state index contributed by atoms with van der Waals surface area (Å²) < 4.78 is 0. The molecule has 0 aromatic rings. The standard InChI is InChI=1S/C30H47NO3/c1-3-5-7-9-11-12-13-14-15-16-17-18-20-22-24-26-30(34)31-28(27-32)29(33)25-23-21-19-10-8-6-4-2/h5,7-8,10-12,14-15,17-18,22-25,28-29,32-33H,3-4,6,9,13,16,19-21,26-27H2,1-2H3,(H,31,34)/b7-5-,10-8+,12-11-,15-14-,18-17-,24-22-,25-23+. The number of amides is 1. The molecule has 0 rings (SSSR count). The van der Waals surface area contributed by atoms with E-state index in [-0.39, 0.29) is 18.9 Å². The summed E-state index contributed by atoms with van der Waals surface area (Å²) in [5.74, 6) is -0.213. The second kappa shape index (κ2) is 25.2. The summed E-state index contributed by atoms with van der Waals surface area (Å²) in [6, 6.07) is -0.692. The molecule has 0 saturated carbocycles.